The second-order valence-corrected chi connectivity index (χ2v) is 12.9. The van der Waals surface area contributed by atoms with Crippen molar-refractivity contribution in [3.05, 3.63) is 204 Å². The van der Waals surface area contributed by atoms with Crippen molar-refractivity contribution >= 4 is 29.0 Å². The van der Waals surface area contributed by atoms with Gasteiger partial charge in [0.25, 0.3) is 0 Å². The number of nitrogens with two attached hydrogens (primary N) is 1. The Labute approximate surface area is 304 Å². The van der Waals surface area contributed by atoms with Gasteiger partial charge in [-0.2, -0.15) is 0 Å². The Kier molecular flexibility index (Phi) is 9.06. The van der Waals surface area contributed by atoms with Crippen LogP contribution in [0.2, 0.25) is 0 Å². The molecule has 3 N–H and O–H groups in total. The number of allylic oxidation sites excluding steroid dienone is 1. The molecule has 0 bridgehead atoms. The standard InChI is InChI=1S/C47H37N5/c1-32(33-18-20-35(21-19-33)34-11-4-2-5-12-34)29-40-27-26-39(31-43(40)48)36-22-24-38(25-23-36)46-50-45(37-13-6-3-7-14-37)51-47(52-46)42-16-10-15-41(30-42)44-17-8-9-28-49-44/h2-31,45H,48H2,1H3,(H,50,51,52)/b32-29+. The zero-order valence-electron chi connectivity index (χ0n) is 28.8. The number of rotatable bonds is 8. The van der Waals surface area contributed by atoms with Gasteiger partial charge in [-0.05, 0) is 81.8 Å². The largest absolute Gasteiger partial charge is 0.398 e. The van der Waals surface area contributed by atoms with E-state index in [1.54, 1.807) is 0 Å². The van der Waals surface area contributed by atoms with Crippen LogP contribution in [0.4, 0.5) is 5.69 Å². The average Bonchev–Trinajstić information content (AvgIpc) is 3.22. The van der Waals surface area contributed by atoms with Gasteiger partial charge >= 0.3 is 0 Å². The van der Waals surface area contributed by atoms with Crippen molar-refractivity contribution in [3.63, 3.8) is 0 Å². The molecule has 1 atom stereocenters. The second-order valence-electron chi connectivity index (χ2n) is 12.9. The summed E-state index contributed by atoms with van der Waals surface area (Å²) in [5, 5.41) is 3.57. The van der Waals surface area contributed by atoms with E-state index in [1.165, 1.54) is 16.7 Å². The van der Waals surface area contributed by atoms with E-state index >= 15 is 0 Å². The summed E-state index contributed by atoms with van der Waals surface area (Å²) < 4.78 is 0. The van der Waals surface area contributed by atoms with E-state index in [1.807, 2.05) is 60.8 Å². The molecule has 0 saturated carbocycles. The predicted octanol–water partition coefficient (Wildman–Crippen LogP) is 10.7. The third-order valence-electron chi connectivity index (χ3n) is 9.34. The van der Waals surface area contributed by atoms with Crippen molar-refractivity contribution in [1.82, 2.24) is 10.3 Å². The molecule has 1 aliphatic rings. The van der Waals surface area contributed by atoms with Gasteiger partial charge in [-0.15, -0.1) is 0 Å². The highest BCUT2D eigenvalue weighted by Gasteiger charge is 2.21. The highest BCUT2D eigenvalue weighted by molar-refractivity contribution is 6.13. The molecule has 0 radical (unpaired) electrons. The van der Waals surface area contributed by atoms with Gasteiger partial charge in [0.05, 0.1) is 5.69 Å². The molecule has 5 heteroatoms. The maximum atomic E-state index is 6.63. The van der Waals surface area contributed by atoms with Gasteiger partial charge in [0.2, 0.25) is 0 Å². The smallest absolute Gasteiger partial charge is 0.159 e. The Bertz CT molecular complexity index is 2410. The molecule has 0 amide bonds. The first-order valence-corrected chi connectivity index (χ1v) is 17.4. The molecule has 0 spiro atoms. The molecule has 0 aliphatic carbocycles. The van der Waals surface area contributed by atoms with Gasteiger partial charge in [-0.3, -0.25) is 4.98 Å². The monoisotopic (exact) mass is 671 g/mol. The predicted molar refractivity (Wildman–Crippen MR) is 217 cm³/mol. The van der Waals surface area contributed by atoms with Crippen LogP contribution >= 0.6 is 0 Å². The Morgan fingerprint density at radius 2 is 1.19 bits per heavy atom. The molecule has 2 heterocycles. The topological polar surface area (TPSA) is 75.7 Å². The van der Waals surface area contributed by atoms with Crippen molar-refractivity contribution in [1.29, 1.82) is 0 Å². The normalized spacial score (nSPS) is 14.2. The lowest BCUT2D eigenvalue weighted by Gasteiger charge is -2.24. The highest BCUT2D eigenvalue weighted by Crippen LogP contribution is 2.30. The molecule has 6 aromatic carbocycles. The Morgan fingerprint density at radius 1 is 0.577 bits per heavy atom. The summed E-state index contributed by atoms with van der Waals surface area (Å²) in [5.74, 6) is 1.43. The van der Waals surface area contributed by atoms with Gasteiger partial charge in [-0.25, -0.2) is 9.98 Å². The van der Waals surface area contributed by atoms with Crippen LogP contribution in [0, 0.1) is 0 Å². The van der Waals surface area contributed by atoms with Crippen LogP contribution < -0.4 is 11.1 Å². The van der Waals surface area contributed by atoms with Crippen LogP contribution in [0.1, 0.15) is 40.9 Å². The molecule has 0 saturated heterocycles. The Morgan fingerprint density at radius 3 is 1.92 bits per heavy atom. The number of anilines is 1. The average molecular weight is 672 g/mol. The van der Waals surface area contributed by atoms with Gasteiger partial charge in [-0.1, -0.05) is 146 Å². The zero-order valence-corrected chi connectivity index (χ0v) is 28.8. The van der Waals surface area contributed by atoms with Crippen LogP contribution in [0.25, 0.3) is 45.2 Å². The molecule has 1 aromatic heterocycles. The van der Waals surface area contributed by atoms with Gasteiger partial charge in [0, 0.05) is 28.6 Å². The summed E-state index contributed by atoms with van der Waals surface area (Å²) in [6, 6.07) is 58.2. The van der Waals surface area contributed by atoms with Crippen LogP contribution in [0.15, 0.2) is 186 Å². The molecule has 8 rings (SSSR count). The number of nitrogen functional groups attached to an aromatic ring is 1. The Hall–Kier alpha value is -6.85. The van der Waals surface area contributed by atoms with Crippen LogP contribution in [-0.4, -0.2) is 16.7 Å². The molecule has 1 unspecified atom stereocenters. The first-order chi connectivity index (χ1) is 25.6. The number of nitrogens with one attached hydrogen (secondary N) is 1. The van der Waals surface area contributed by atoms with E-state index in [2.05, 4.69) is 139 Å². The zero-order chi connectivity index (χ0) is 35.3. The van der Waals surface area contributed by atoms with Crippen molar-refractivity contribution in [2.45, 2.75) is 13.1 Å². The number of nitrogens with zero attached hydrogens (tertiary/aromatic N) is 3. The van der Waals surface area contributed by atoms with Crippen molar-refractivity contribution in [3.8, 4) is 33.5 Å². The summed E-state index contributed by atoms with van der Waals surface area (Å²) in [5.41, 5.74) is 20.1. The van der Waals surface area contributed by atoms with E-state index in [4.69, 9.17) is 15.7 Å². The molecular weight excluding hydrogens is 635 g/mol. The minimum absolute atomic E-state index is 0.285. The SMILES string of the molecule is C/C(=C\c1ccc(-c2ccc(C3=NC(c4ccccc4)NC(c4cccc(-c5ccccn5)c4)=N3)cc2)cc1N)c1ccc(-c2ccccc2)cc1. The summed E-state index contributed by atoms with van der Waals surface area (Å²) in [4.78, 5) is 14.6. The number of pyridine rings is 1. The van der Waals surface area contributed by atoms with E-state index in [-0.39, 0.29) is 6.17 Å². The van der Waals surface area contributed by atoms with Crippen molar-refractivity contribution in [2.75, 3.05) is 5.73 Å². The van der Waals surface area contributed by atoms with E-state index in [0.717, 1.165) is 61.7 Å². The summed E-state index contributed by atoms with van der Waals surface area (Å²) in [7, 11) is 0. The van der Waals surface area contributed by atoms with Crippen LogP contribution in [-0.2, 0) is 0 Å². The first kappa shape index (κ1) is 32.4. The van der Waals surface area contributed by atoms with Crippen molar-refractivity contribution < 1.29 is 0 Å². The number of benzene rings is 6. The van der Waals surface area contributed by atoms with Gasteiger partial charge < -0.3 is 11.1 Å². The molecule has 0 fully saturated rings. The van der Waals surface area contributed by atoms with E-state index in [9.17, 15) is 0 Å². The lowest BCUT2D eigenvalue weighted by Crippen LogP contribution is -2.33. The third-order valence-corrected chi connectivity index (χ3v) is 9.34. The van der Waals surface area contributed by atoms with Gasteiger partial charge in [0.15, 0.2) is 5.84 Å². The summed E-state index contributed by atoms with van der Waals surface area (Å²) in [6.45, 7) is 2.13. The molecule has 52 heavy (non-hydrogen) atoms. The summed E-state index contributed by atoms with van der Waals surface area (Å²) in [6.07, 6.45) is 3.68. The lowest BCUT2D eigenvalue weighted by atomic mass is 9.97. The third kappa shape index (κ3) is 7.07. The number of amidine groups is 2. The summed E-state index contributed by atoms with van der Waals surface area (Å²) >= 11 is 0. The maximum Gasteiger partial charge on any atom is 0.159 e. The van der Waals surface area contributed by atoms with Crippen molar-refractivity contribution in [2.24, 2.45) is 9.98 Å². The van der Waals surface area contributed by atoms with E-state index < -0.39 is 0 Å². The first-order valence-electron chi connectivity index (χ1n) is 17.4. The fraction of sp³-hybridized carbons (Fsp3) is 0.0426. The molecule has 250 valence electrons. The molecule has 5 nitrogen and oxygen atoms in total. The second kappa shape index (κ2) is 14.6. The molecule has 7 aromatic rings. The fourth-order valence-corrected chi connectivity index (χ4v) is 6.46. The minimum atomic E-state index is -0.285. The van der Waals surface area contributed by atoms with Gasteiger partial charge in [0.1, 0.15) is 12.0 Å². The maximum absolute atomic E-state index is 6.63. The number of hydrogen-bond acceptors (Lipinski definition) is 5. The quantitative estimate of drug-likeness (QED) is 0.125. The number of aliphatic imine (C=N–C) groups is 2. The fourth-order valence-electron chi connectivity index (χ4n) is 6.46. The Balaban J connectivity index is 1.05. The molecular formula is C47H37N5. The highest BCUT2D eigenvalue weighted by atomic mass is 15.2. The van der Waals surface area contributed by atoms with E-state index in [0.29, 0.717) is 5.84 Å². The lowest BCUT2D eigenvalue weighted by molar-refractivity contribution is 0.674. The van der Waals surface area contributed by atoms with Crippen LogP contribution in [0.3, 0.4) is 0 Å². The number of hydrogen-bond donors (Lipinski definition) is 2. The van der Waals surface area contributed by atoms with Crippen LogP contribution in [0.5, 0.6) is 0 Å². The molecule has 1 aliphatic heterocycles. The minimum Gasteiger partial charge on any atom is -0.398 e. The number of aromatic nitrogens is 1.